The molecule has 5 nitrogen and oxygen atoms in total. The van der Waals surface area contributed by atoms with Gasteiger partial charge in [-0.2, -0.15) is 11.8 Å². The van der Waals surface area contributed by atoms with Crippen LogP contribution < -0.4 is 10.6 Å². The highest BCUT2D eigenvalue weighted by Gasteiger charge is 2.34. The van der Waals surface area contributed by atoms with E-state index < -0.39 is 15.2 Å². The molecule has 0 aromatic carbocycles. The maximum Gasteiger partial charge on any atom is 0.186 e. The van der Waals surface area contributed by atoms with Crippen LogP contribution in [0.5, 0.6) is 0 Å². The fraction of sp³-hybridized carbons (Fsp3) is 0.750. The van der Waals surface area contributed by atoms with Crippen molar-refractivity contribution in [2.75, 3.05) is 29.2 Å². The summed E-state index contributed by atoms with van der Waals surface area (Å²) in [4.78, 5) is 7.86. The first-order chi connectivity index (χ1) is 9.47. The molecule has 1 saturated heterocycles. The summed E-state index contributed by atoms with van der Waals surface area (Å²) in [6.07, 6.45) is 4.41. The van der Waals surface area contributed by atoms with Gasteiger partial charge in [-0.1, -0.05) is 0 Å². The van der Waals surface area contributed by atoms with E-state index in [9.17, 15) is 8.42 Å². The van der Waals surface area contributed by atoms with E-state index in [0.29, 0.717) is 5.75 Å². The SMILES string of the molecule is CS(=O)(=O)C1CSCCN1c1nc2c(s1)CCCC2N. The van der Waals surface area contributed by atoms with Crippen LogP contribution in [0.25, 0.3) is 0 Å². The van der Waals surface area contributed by atoms with Gasteiger partial charge in [-0.05, 0) is 19.3 Å². The average molecular weight is 334 g/mol. The molecule has 0 bridgehead atoms. The third kappa shape index (κ3) is 2.70. The zero-order chi connectivity index (χ0) is 14.3. The molecule has 0 amide bonds. The van der Waals surface area contributed by atoms with Crippen LogP contribution in [0.1, 0.15) is 29.5 Å². The zero-order valence-corrected chi connectivity index (χ0v) is 13.9. The first kappa shape index (κ1) is 14.6. The van der Waals surface area contributed by atoms with Crippen LogP contribution in [0, 0.1) is 0 Å². The summed E-state index contributed by atoms with van der Waals surface area (Å²) in [7, 11) is -3.10. The lowest BCUT2D eigenvalue weighted by molar-refractivity contribution is 0.562. The van der Waals surface area contributed by atoms with Crippen LogP contribution in [0.4, 0.5) is 5.13 Å². The molecular formula is C12H19N3O2S3. The number of hydrogen-bond donors (Lipinski definition) is 1. The third-order valence-corrected chi connectivity index (χ3v) is 7.62. The molecular weight excluding hydrogens is 314 g/mol. The summed E-state index contributed by atoms with van der Waals surface area (Å²) in [6.45, 7) is 0.740. The van der Waals surface area contributed by atoms with Gasteiger partial charge >= 0.3 is 0 Å². The van der Waals surface area contributed by atoms with Crippen molar-refractivity contribution in [3.05, 3.63) is 10.6 Å². The number of anilines is 1. The lowest BCUT2D eigenvalue weighted by Crippen LogP contribution is -2.47. The third-order valence-electron chi connectivity index (χ3n) is 3.81. The maximum atomic E-state index is 12.0. The molecule has 1 aromatic rings. The molecule has 1 aliphatic heterocycles. The Morgan fingerprint density at radius 2 is 2.25 bits per heavy atom. The van der Waals surface area contributed by atoms with Gasteiger partial charge in [0.1, 0.15) is 5.37 Å². The minimum atomic E-state index is -3.10. The van der Waals surface area contributed by atoms with Gasteiger partial charge in [0.25, 0.3) is 0 Å². The normalized spacial score (nSPS) is 27.4. The molecule has 1 fully saturated rings. The van der Waals surface area contributed by atoms with Gasteiger partial charge in [-0.15, -0.1) is 11.3 Å². The second kappa shape index (κ2) is 5.47. The summed E-state index contributed by atoms with van der Waals surface area (Å²) in [5.41, 5.74) is 7.10. The Labute approximate surface area is 127 Å². The van der Waals surface area contributed by atoms with Crippen LogP contribution in [0.3, 0.4) is 0 Å². The standard InChI is InChI=1S/C12H19N3O2S3/c1-20(16,17)10-7-18-6-5-15(10)12-14-11-8(13)3-2-4-9(11)19-12/h8,10H,2-7,13H2,1H3. The minimum Gasteiger partial charge on any atom is -0.329 e. The van der Waals surface area contributed by atoms with Gasteiger partial charge in [0.2, 0.25) is 0 Å². The van der Waals surface area contributed by atoms with Gasteiger partial charge in [-0.25, -0.2) is 13.4 Å². The van der Waals surface area contributed by atoms with E-state index in [1.165, 1.54) is 11.1 Å². The highest BCUT2D eigenvalue weighted by Crippen LogP contribution is 2.37. The van der Waals surface area contributed by atoms with Crippen molar-refractivity contribution < 1.29 is 8.42 Å². The maximum absolute atomic E-state index is 12.0. The van der Waals surface area contributed by atoms with Crippen molar-refractivity contribution in [2.45, 2.75) is 30.7 Å². The molecule has 112 valence electrons. The Bertz CT molecular complexity index is 599. The van der Waals surface area contributed by atoms with Crippen molar-refractivity contribution in [1.82, 2.24) is 4.98 Å². The highest BCUT2D eigenvalue weighted by atomic mass is 32.2. The van der Waals surface area contributed by atoms with Crippen molar-refractivity contribution in [3.8, 4) is 0 Å². The van der Waals surface area contributed by atoms with E-state index in [1.807, 2.05) is 4.90 Å². The highest BCUT2D eigenvalue weighted by molar-refractivity contribution is 8.01. The van der Waals surface area contributed by atoms with E-state index >= 15 is 0 Å². The second-order valence-electron chi connectivity index (χ2n) is 5.36. The number of thiazole rings is 1. The van der Waals surface area contributed by atoms with Crippen molar-refractivity contribution in [2.24, 2.45) is 5.73 Å². The fourth-order valence-electron chi connectivity index (χ4n) is 2.72. The molecule has 0 spiro atoms. The predicted octanol–water partition coefficient (Wildman–Crippen LogP) is 1.40. The molecule has 3 rings (SSSR count). The molecule has 2 unspecified atom stereocenters. The van der Waals surface area contributed by atoms with E-state index in [1.54, 1.807) is 23.1 Å². The smallest absolute Gasteiger partial charge is 0.186 e. The quantitative estimate of drug-likeness (QED) is 0.882. The van der Waals surface area contributed by atoms with Crippen molar-refractivity contribution in [1.29, 1.82) is 0 Å². The number of nitrogens with zero attached hydrogens (tertiary/aromatic N) is 2. The molecule has 2 N–H and O–H groups in total. The monoisotopic (exact) mass is 333 g/mol. The van der Waals surface area contributed by atoms with Gasteiger partial charge in [-0.3, -0.25) is 0 Å². The average Bonchev–Trinajstić information content (AvgIpc) is 2.83. The molecule has 2 heterocycles. The number of nitrogens with two attached hydrogens (primary N) is 1. The van der Waals surface area contributed by atoms with Crippen LogP contribution >= 0.6 is 23.1 Å². The Morgan fingerprint density at radius 1 is 1.45 bits per heavy atom. The Balaban J connectivity index is 1.95. The fourth-order valence-corrected chi connectivity index (χ4v) is 6.85. The van der Waals surface area contributed by atoms with Crippen LogP contribution in [-0.2, 0) is 16.3 Å². The number of rotatable bonds is 2. The number of hydrogen-bond acceptors (Lipinski definition) is 7. The van der Waals surface area contributed by atoms with E-state index in [0.717, 1.165) is 42.4 Å². The number of aryl methyl sites for hydroxylation is 1. The molecule has 2 aliphatic rings. The lowest BCUT2D eigenvalue weighted by atomic mass is 9.99. The first-order valence-electron chi connectivity index (χ1n) is 6.75. The minimum absolute atomic E-state index is 0.0135. The summed E-state index contributed by atoms with van der Waals surface area (Å²) >= 11 is 3.32. The number of fused-ring (bicyclic) bond motifs is 1. The van der Waals surface area contributed by atoms with Crippen LogP contribution in [0.15, 0.2) is 0 Å². The van der Waals surface area contributed by atoms with Crippen LogP contribution in [0.2, 0.25) is 0 Å². The Hall–Kier alpha value is -0.310. The van der Waals surface area contributed by atoms with Gasteiger partial charge < -0.3 is 10.6 Å². The van der Waals surface area contributed by atoms with Crippen molar-refractivity contribution in [3.63, 3.8) is 0 Å². The van der Waals surface area contributed by atoms with Crippen molar-refractivity contribution >= 4 is 38.1 Å². The molecule has 0 radical (unpaired) electrons. The lowest BCUT2D eigenvalue weighted by Gasteiger charge is -2.33. The zero-order valence-electron chi connectivity index (χ0n) is 11.4. The summed E-state index contributed by atoms with van der Waals surface area (Å²) in [5.74, 6) is 1.57. The number of aromatic nitrogens is 1. The molecule has 1 aromatic heterocycles. The predicted molar refractivity (Wildman–Crippen MR) is 85.3 cm³/mol. The Morgan fingerprint density at radius 3 is 2.95 bits per heavy atom. The van der Waals surface area contributed by atoms with E-state index in [-0.39, 0.29) is 6.04 Å². The van der Waals surface area contributed by atoms with Gasteiger partial charge in [0.15, 0.2) is 15.0 Å². The van der Waals surface area contributed by atoms with Gasteiger partial charge in [0, 0.05) is 35.2 Å². The van der Waals surface area contributed by atoms with Crippen LogP contribution in [-0.4, -0.2) is 43.1 Å². The number of thioether (sulfide) groups is 1. The molecule has 0 saturated carbocycles. The first-order valence-corrected chi connectivity index (χ1v) is 10.7. The van der Waals surface area contributed by atoms with Gasteiger partial charge in [0.05, 0.1) is 5.69 Å². The largest absolute Gasteiger partial charge is 0.329 e. The molecule has 20 heavy (non-hydrogen) atoms. The summed E-state index contributed by atoms with van der Waals surface area (Å²) < 4.78 is 23.9. The Kier molecular flexibility index (Phi) is 4.00. The molecule has 2 atom stereocenters. The molecule has 8 heteroatoms. The number of sulfone groups is 1. The molecule has 1 aliphatic carbocycles. The van der Waals surface area contributed by atoms with E-state index in [4.69, 9.17) is 5.73 Å². The topological polar surface area (TPSA) is 76.3 Å². The van der Waals surface area contributed by atoms with E-state index in [2.05, 4.69) is 4.98 Å². The summed E-state index contributed by atoms with van der Waals surface area (Å²) in [6, 6.07) is 0.0135. The summed E-state index contributed by atoms with van der Waals surface area (Å²) in [5, 5.41) is 0.383. The second-order valence-corrected chi connectivity index (χ2v) is 9.77.